The number of aliphatic hydroxyl groups is 1. The Morgan fingerprint density at radius 2 is 2.14 bits per heavy atom. The zero-order valence-corrected chi connectivity index (χ0v) is 8.12. The lowest BCUT2D eigenvalue weighted by Crippen LogP contribution is -2.26. The van der Waals surface area contributed by atoms with Crippen LogP contribution >= 0.6 is 0 Å². The van der Waals surface area contributed by atoms with Crippen molar-refractivity contribution >= 4 is 12.1 Å². The summed E-state index contributed by atoms with van der Waals surface area (Å²) < 4.78 is 8.91. The molecule has 0 aliphatic carbocycles. The Kier molecular flexibility index (Phi) is 7.53. The van der Waals surface area contributed by atoms with Gasteiger partial charge in [-0.05, 0) is 6.42 Å². The molecule has 0 aliphatic heterocycles. The minimum Gasteiger partial charge on any atom is -0.469 e. The molecule has 0 aromatic rings. The summed E-state index contributed by atoms with van der Waals surface area (Å²) >= 11 is 0. The first kappa shape index (κ1) is 12.7. The second-order valence-electron chi connectivity index (χ2n) is 2.47. The predicted molar refractivity (Wildman–Crippen MR) is 47.7 cm³/mol. The number of rotatable bonds is 6. The summed E-state index contributed by atoms with van der Waals surface area (Å²) in [6.45, 7) is 0.123. The number of carbonyl (C=O) groups excluding carboxylic acids is 2. The summed E-state index contributed by atoms with van der Waals surface area (Å²) in [4.78, 5) is 21.4. The smallest absolute Gasteiger partial charge is 0.407 e. The van der Waals surface area contributed by atoms with Crippen molar-refractivity contribution in [3.05, 3.63) is 0 Å². The van der Waals surface area contributed by atoms with Gasteiger partial charge in [0, 0.05) is 13.0 Å². The van der Waals surface area contributed by atoms with Gasteiger partial charge in [0.05, 0.1) is 13.7 Å². The van der Waals surface area contributed by atoms with Crippen LogP contribution in [0.25, 0.3) is 0 Å². The Bertz CT molecular complexity index is 183. The van der Waals surface area contributed by atoms with E-state index in [-0.39, 0.29) is 25.6 Å². The number of amides is 1. The first-order chi connectivity index (χ1) is 6.70. The van der Waals surface area contributed by atoms with Crippen LogP contribution < -0.4 is 5.32 Å². The van der Waals surface area contributed by atoms with Crippen molar-refractivity contribution in [1.29, 1.82) is 0 Å². The predicted octanol–water partition coefficient (Wildman–Crippen LogP) is -0.342. The van der Waals surface area contributed by atoms with Crippen molar-refractivity contribution < 1.29 is 24.2 Å². The molecular weight excluding hydrogens is 190 g/mol. The highest BCUT2D eigenvalue weighted by Gasteiger charge is 2.02. The Labute approximate surface area is 82.2 Å². The van der Waals surface area contributed by atoms with E-state index in [9.17, 15) is 9.59 Å². The van der Waals surface area contributed by atoms with Gasteiger partial charge < -0.3 is 19.9 Å². The molecule has 0 aromatic heterocycles. The van der Waals surface area contributed by atoms with Crippen molar-refractivity contribution in [2.24, 2.45) is 0 Å². The molecule has 1 amide bonds. The first-order valence-electron chi connectivity index (χ1n) is 4.29. The lowest BCUT2D eigenvalue weighted by molar-refractivity contribution is -0.140. The van der Waals surface area contributed by atoms with E-state index in [2.05, 4.69) is 14.8 Å². The Hall–Kier alpha value is -1.30. The van der Waals surface area contributed by atoms with Crippen LogP contribution in [-0.2, 0) is 14.3 Å². The van der Waals surface area contributed by atoms with E-state index >= 15 is 0 Å². The van der Waals surface area contributed by atoms with Crippen LogP contribution in [-0.4, -0.2) is 44.0 Å². The maximum atomic E-state index is 10.8. The largest absolute Gasteiger partial charge is 0.469 e. The van der Waals surface area contributed by atoms with Crippen LogP contribution in [0.1, 0.15) is 12.8 Å². The van der Waals surface area contributed by atoms with Gasteiger partial charge in [0.25, 0.3) is 0 Å². The molecule has 82 valence electrons. The van der Waals surface area contributed by atoms with Crippen molar-refractivity contribution in [2.75, 3.05) is 26.9 Å². The second kappa shape index (κ2) is 8.31. The van der Waals surface area contributed by atoms with E-state index in [0.717, 1.165) is 0 Å². The summed E-state index contributed by atoms with van der Waals surface area (Å²) in [5.74, 6) is -0.310. The van der Waals surface area contributed by atoms with E-state index in [1.165, 1.54) is 7.11 Å². The fraction of sp³-hybridized carbons (Fsp3) is 0.750. The van der Waals surface area contributed by atoms with Crippen molar-refractivity contribution in [3.8, 4) is 0 Å². The van der Waals surface area contributed by atoms with E-state index in [1.54, 1.807) is 0 Å². The average molecular weight is 205 g/mol. The molecule has 0 bridgehead atoms. The van der Waals surface area contributed by atoms with E-state index < -0.39 is 6.09 Å². The number of ether oxygens (including phenoxy) is 2. The summed E-state index contributed by atoms with van der Waals surface area (Å²) in [5.41, 5.74) is 0. The zero-order chi connectivity index (χ0) is 10.8. The fourth-order valence-electron chi connectivity index (χ4n) is 0.715. The summed E-state index contributed by atoms with van der Waals surface area (Å²) in [7, 11) is 1.31. The van der Waals surface area contributed by atoms with Gasteiger partial charge >= 0.3 is 12.1 Å². The van der Waals surface area contributed by atoms with E-state index in [1.807, 2.05) is 0 Å². The van der Waals surface area contributed by atoms with Gasteiger partial charge in [-0.1, -0.05) is 0 Å². The third kappa shape index (κ3) is 7.35. The minimum absolute atomic E-state index is 0.0250. The number of alkyl carbamates (subject to hydrolysis) is 1. The van der Waals surface area contributed by atoms with Gasteiger partial charge in [0.2, 0.25) is 0 Å². The van der Waals surface area contributed by atoms with Gasteiger partial charge in [-0.15, -0.1) is 0 Å². The number of nitrogens with one attached hydrogen (secondary N) is 1. The highest BCUT2D eigenvalue weighted by molar-refractivity contribution is 5.69. The van der Waals surface area contributed by atoms with Crippen LogP contribution in [0.15, 0.2) is 0 Å². The number of hydrogen-bond acceptors (Lipinski definition) is 5. The number of methoxy groups -OCH3 is 1. The monoisotopic (exact) mass is 205 g/mol. The third-order valence-corrected chi connectivity index (χ3v) is 1.38. The lowest BCUT2D eigenvalue weighted by atomic mass is 10.3. The number of hydrogen-bond donors (Lipinski definition) is 2. The maximum absolute atomic E-state index is 10.8. The first-order valence-corrected chi connectivity index (χ1v) is 4.29. The average Bonchev–Trinajstić information content (AvgIpc) is 2.21. The van der Waals surface area contributed by atoms with Crippen molar-refractivity contribution in [2.45, 2.75) is 12.8 Å². The molecule has 6 heteroatoms. The van der Waals surface area contributed by atoms with Gasteiger partial charge in [-0.2, -0.15) is 0 Å². The molecule has 14 heavy (non-hydrogen) atoms. The van der Waals surface area contributed by atoms with Gasteiger partial charge in [-0.25, -0.2) is 4.79 Å². The molecule has 0 saturated carbocycles. The van der Waals surface area contributed by atoms with Crippen LogP contribution in [0.3, 0.4) is 0 Å². The quantitative estimate of drug-likeness (QED) is 0.457. The Balaban J connectivity index is 3.27. The molecular formula is C8H15NO5. The van der Waals surface area contributed by atoms with Gasteiger partial charge in [0.15, 0.2) is 0 Å². The molecule has 0 atom stereocenters. The molecule has 0 fully saturated rings. The third-order valence-electron chi connectivity index (χ3n) is 1.38. The fourth-order valence-corrected chi connectivity index (χ4v) is 0.715. The highest BCUT2D eigenvalue weighted by Crippen LogP contribution is 1.89. The molecule has 2 N–H and O–H groups in total. The maximum Gasteiger partial charge on any atom is 0.407 e. The standard InChI is InChI=1S/C8H15NO5/c1-13-7(11)3-2-4-9-8(12)14-6-5-10/h10H,2-6H2,1H3,(H,9,12). The topological polar surface area (TPSA) is 84.9 Å². The molecule has 0 aliphatic rings. The molecule has 6 nitrogen and oxygen atoms in total. The van der Waals surface area contributed by atoms with Crippen molar-refractivity contribution in [1.82, 2.24) is 5.32 Å². The molecule has 0 rings (SSSR count). The number of aliphatic hydroxyl groups excluding tert-OH is 1. The number of carbonyl (C=O) groups is 2. The highest BCUT2D eigenvalue weighted by atomic mass is 16.6. The molecule has 0 unspecified atom stereocenters. The second-order valence-corrected chi connectivity index (χ2v) is 2.47. The Morgan fingerprint density at radius 3 is 2.71 bits per heavy atom. The SMILES string of the molecule is COC(=O)CCCNC(=O)OCCO. The molecule has 0 spiro atoms. The Morgan fingerprint density at radius 1 is 1.43 bits per heavy atom. The van der Waals surface area contributed by atoms with E-state index in [0.29, 0.717) is 13.0 Å². The van der Waals surface area contributed by atoms with Crippen molar-refractivity contribution in [3.63, 3.8) is 0 Å². The molecule has 0 saturated heterocycles. The normalized spacial score (nSPS) is 9.29. The van der Waals surface area contributed by atoms with E-state index in [4.69, 9.17) is 5.11 Å². The summed E-state index contributed by atoms with van der Waals surface area (Å²) in [6.07, 6.45) is 0.168. The lowest BCUT2D eigenvalue weighted by Gasteiger charge is -2.04. The van der Waals surface area contributed by atoms with Crippen LogP contribution in [0.5, 0.6) is 0 Å². The summed E-state index contributed by atoms with van der Waals surface area (Å²) in [5, 5.41) is 10.7. The van der Waals surface area contributed by atoms with Gasteiger partial charge in [0.1, 0.15) is 6.61 Å². The van der Waals surface area contributed by atoms with Crippen LogP contribution in [0, 0.1) is 0 Å². The van der Waals surface area contributed by atoms with Gasteiger partial charge in [-0.3, -0.25) is 4.79 Å². The number of esters is 1. The molecule has 0 aromatic carbocycles. The minimum atomic E-state index is -0.594. The molecule has 0 heterocycles. The van der Waals surface area contributed by atoms with Crippen LogP contribution in [0.4, 0.5) is 4.79 Å². The zero-order valence-electron chi connectivity index (χ0n) is 8.12. The summed E-state index contributed by atoms with van der Waals surface area (Å²) in [6, 6.07) is 0. The van der Waals surface area contributed by atoms with Crippen LogP contribution in [0.2, 0.25) is 0 Å². The molecule has 0 radical (unpaired) electrons.